The summed E-state index contributed by atoms with van der Waals surface area (Å²) in [5.74, 6) is -0.146. The smallest absolute Gasteiger partial charge is 0.239 e. The highest BCUT2D eigenvalue weighted by Gasteiger charge is 2.38. The van der Waals surface area contributed by atoms with Gasteiger partial charge in [-0.3, -0.25) is 14.4 Å². The molecular weight excluding hydrogens is 444 g/mol. The number of benzene rings is 1. The molecule has 8 heteroatoms. The molecule has 2 atom stereocenters. The highest BCUT2D eigenvalue weighted by atomic mass is 16.3. The number of likely N-dealkylation sites (N-methyl/N-ethyl adjacent to an activating group) is 1. The van der Waals surface area contributed by atoms with E-state index in [-0.39, 0.29) is 36.2 Å². The SMILES string of the molecule is CNC(=O)CNC(=O)CC(=O)N(CCN1CC[C@](C)(c2cccc(O)c2)[C@@H](C)C1)C1CCCCC1. The van der Waals surface area contributed by atoms with Crippen molar-refractivity contribution in [1.29, 1.82) is 0 Å². The predicted octanol–water partition coefficient (Wildman–Crippen LogP) is 2.41. The number of hydrogen-bond acceptors (Lipinski definition) is 5. The number of rotatable bonds is 9. The number of phenolic OH excluding ortho intramolecular Hbond substituents is 1. The maximum absolute atomic E-state index is 13.1. The number of phenols is 1. The lowest BCUT2D eigenvalue weighted by molar-refractivity contribution is -0.139. The molecule has 0 spiro atoms. The average Bonchev–Trinajstić information content (AvgIpc) is 2.85. The maximum Gasteiger partial charge on any atom is 0.239 e. The van der Waals surface area contributed by atoms with E-state index in [4.69, 9.17) is 0 Å². The molecule has 1 aliphatic heterocycles. The minimum atomic E-state index is -0.409. The van der Waals surface area contributed by atoms with Crippen LogP contribution in [0, 0.1) is 5.92 Å². The quantitative estimate of drug-likeness (QED) is 0.465. The van der Waals surface area contributed by atoms with Gasteiger partial charge in [-0.2, -0.15) is 0 Å². The van der Waals surface area contributed by atoms with Crippen molar-refractivity contribution >= 4 is 17.7 Å². The zero-order chi connectivity index (χ0) is 25.4. The molecule has 1 aromatic rings. The number of carbonyl (C=O) groups excluding carboxylic acids is 3. The van der Waals surface area contributed by atoms with E-state index >= 15 is 0 Å². The summed E-state index contributed by atoms with van der Waals surface area (Å²) in [6.45, 7) is 7.66. The first-order chi connectivity index (χ1) is 16.7. The molecule has 0 unspecified atom stereocenters. The van der Waals surface area contributed by atoms with E-state index < -0.39 is 5.91 Å². The van der Waals surface area contributed by atoms with Crippen molar-refractivity contribution in [2.24, 2.45) is 5.92 Å². The zero-order valence-corrected chi connectivity index (χ0v) is 21.5. The number of nitrogens with zero attached hydrogens (tertiary/aromatic N) is 2. The molecule has 3 N–H and O–H groups in total. The van der Waals surface area contributed by atoms with E-state index in [0.29, 0.717) is 18.2 Å². The number of amides is 3. The lowest BCUT2D eigenvalue weighted by Gasteiger charge is -2.46. The van der Waals surface area contributed by atoms with E-state index in [0.717, 1.165) is 51.7 Å². The summed E-state index contributed by atoms with van der Waals surface area (Å²) in [5.41, 5.74) is 1.17. The third-order valence-corrected chi connectivity index (χ3v) is 8.10. The highest BCUT2D eigenvalue weighted by molar-refractivity contribution is 5.98. The first-order valence-electron chi connectivity index (χ1n) is 13.0. The lowest BCUT2D eigenvalue weighted by atomic mass is 9.68. The van der Waals surface area contributed by atoms with Crippen LogP contribution in [0.2, 0.25) is 0 Å². The van der Waals surface area contributed by atoms with E-state index in [1.54, 1.807) is 6.07 Å². The predicted molar refractivity (Wildman–Crippen MR) is 136 cm³/mol. The van der Waals surface area contributed by atoms with Gasteiger partial charge in [-0.15, -0.1) is 0 Å². The molecule has 0 aromatic heterocycles. The lowest BCUT2D eigenvalue weighted by Crippen LogP contribution is -2.51. The van der Waals surface area contributed by atoms with Crippen molar-refractivity contribution in [2.45, 2.75) is 70.3 Å². The Morgan fingerprint density at radius 3 is 2.57 bits per heavy atom. The van der Waals surface area contributed by atoms with Gasteiger partial charge in [-0.05, 0) is 54.8 Å². The fraction of sp³-hybridized carbons (Fsp3) is 0.667. The van der Waals surface area contributed by atoms with Crippen molar-refractivity contribution in [3.05, 3.63) is 29.8 Å². The van der Waals surface area contributed by atoms with Crippen LogP contribution in [-0.4, -0.2) is 78.4 Å². The number of piperidine rings is 1. The Bertz CT molecular complexity index is 886. The van der Waals surface area contributed by atoms with Crippen LogP contribution in [0.25, 0.3) is 0 Å². The molecule has 35 heavy (non-hydrogen) atoms. The van der Waals surface area contributed by atoms with Gasteiger partial charge in [0, 0.05) is 32.7 Å². The summed E-state index contributed by atoms with van der Waals surface area (Å²) in [4.78, 5) is 41.2. The Morgan fingerprint density at radius 2 is 1.91 bits per heavy atom. The van der Waals surface area contributed by atoms with Gasteiger partial charge in [0.2, 0.25) is 17.7 Å². The first-order valence-corrected chi connectivity index (χ1v) is 13.0. The second-order valence-corrected chi connectivity index (χ2v) is 10.4. The largest absolute Gasteiger partial charge is 0.508 e. The zero-order valence-electron chi connectivity index (χ0n) is 21.5. The van der Waals surface area contributed by atoms with Crippen LogP contribution in [-0.2, 0) is 19.8 Å². The van der Waals surface area contributed by atoms with Crippen LogP contribution >= 0.6 is 0 Å². The van der Waals surface area contributed by atoms with Gasteiger partial charge in [0.25, 0.3) is 0 Å². The normalized spacial score (nSPS) is 23.5. The molecule has 1 heterocycles. The number of aromatic hydroxyl groups is 1. The van der Waals surface area contributed by atoms with Gasteiger partial charge in [0.15, 0.2) is 0 Å². The van der Waals surface area contributed by atoms with Crippen LogP contribution in [0.1, 0.15) is 64.4 Å². The summed E-state index contributed by atoms with van der Waals surface area (Å²) in [6.07, 6.45) is 6.15. The van der Waals surface area contributed by atoms with E-state index in [1.165, 1.54) is 19.0 Å². The Hall–Kier alpha value is -2.61. The number of hydrogen-bond donors (Lipinski definition) is 3. The topological polar surface area (TPSA) is 102 Å². The molecule has 0 radical (unpaired) electrons. The molecule has 8 nitrogen and oxygen atoms in total. The fourth-order valence-corrected chi connectivity index (χ4v) is 5.53. The third kappa shape index (κ3) is 7.19. The molecule has 2 fully saturated rings. The van der Waals surface area contributed by atoms with Gasteiger partial charge >= 0.3 is 0 Å². The van der Waals surface area contributed by atoms with Gasteiger partial charge in [-0.25, -0.2) is 0 Å². The molecular formula is C27H42N4O4. The van der Waals surface area contributed by atoms with Crippen molar-refractivity contribution in [1.82, 2.24) is 20.4 Å². The summed E-state index contributed by atoms with van der Waals surface area (Å²) in [6, 6.07) is 7.79. The van der Waals surface area contributed by atoms with Crippen LogP contribution in [0.15, 0.2) is 24.3 Å². The minimum Gasteiger partial charge on any atom is -0.508 e. The van der Waals surface area contributed by atoms with Gasteiger partial charge in [0.05, 0.1) is 6.54 Å². The van der Waals surface area contributed by atoms with Crippen molar-refractivity contribution in [3.8, 4) is 5.75 Å². The molecule has 194 valence electrons. The van der Waals surface area contributed by atoms with Crippen molar-refractivity contribution < 1.29 is 19.5 Å². The number of carbonyl (C=O) groups is 3. The summed E-state index contributed by atoms with van der Waals surface area (Å²) in [5, 5.41) is 15.0. The Morgan fingerprint density at radius 1 is 1.17 bits per heavy atom. The molecule has 1 aliphatic carbocycles. The highest BCUT2D eigenvalue weighted by Crippen LogP contribution is 2.40. The summed E-state index contributed by atoms with van der Waals surface area (Å²) >= 11 is 0. The second kappa shape index (κ2) is 12.4. The number of likely N-dealkylation sites (tertiary alicyclic amines) is 1. The average molecular weight is 487 g/mol. The van der Waals surface area contributed by atoms with Gasteiger partial charge in [0.1, 0.15) is 12.2 Å². The number of nitrogens with one attached hydrogen (secondary N) is 2. The van der Waals surface area contributed by atoms with Crippen LogP contribution in [0.3, 0.4) is 0 Å². The van der Waals surface area contributed by atoms with Gasteiger partial charge in [-0.1, -0.05) is 45.2 Å². The minimum absolute atomic E-state index is 0.00299. The maximum atomic E-state index is 13.1. The van der Waals surface area contributed by atoms with Gasteiger partial charge < -0.3 is 25.5 Å². The third-order valence-electron chi connectivity index (χ3n) is 8.10. The van der Waals surface area contributed by atoms with E-state index in [1.807, 2.05) is 17.0 Å². The molecule has 2 aliphatic rings. The first kappa shape index (κ1) is 27.0. The standard InChI is InChI=1S/C27H42N4O4/c1-20-19-30(13-12-27(20,2)21-8-7-11-23(32)16-21)14-15-31(22-9-5-4-6-10-22)26(35)17-24(33)29-18-25(34)28-3/h7-8,11,16,20,22,32H,4-6,9-10,12-15,17-19H2,1-3H3,(H,28,34)(H,29,33)/t20-,27-/m0/s1. The molecule has 1 saturated heterocycles. The molecule has 3 rings (SSSR count). The molecule has 1 saturated carbocycles. The van der Waals surface area contributed by atoms with Crippen molar-refractivity contribution in [3.63, 3.8) is 0 Å². The van der Waals surface area contributed by atoms with Crippen LogP contribution in [0.5, 0.6) is 5.75 Å². The second-order valence-electron chi connectivity index (χ2n) is 10.4. The monoisotopic (exact) mass is 486 g/mol. The summed E-state index contributed by atoms with van der Waals surface area (Å²) in [7, 11) is 1.51. The molecule has 1 aromatic carbocycles. The molecule has 3 amide bonds. The Labute approximate surface area is 209 Å². The Balaban J connectivity index is 1.58. The molecule has 0 bridgehead atoms. The summed E-state index contributed by atoms with van der Waals surface area (Å²) < 4.78 is 0. The van der Waals surface area contributed by atoms with Crippen LogP contribution in [0.4, 0.5) is 0 Å². The van der Waals surface area contributed by atoms with Crippen LogP contribution < -0.4 is 10.6 Å². The van der Waals surface area contributed by atoms with Crippen molar-refractivity contribution in [2.75, 3.05) is 39.8 Å². The fourth-order valence-electron chi connectivity index (χ4n) is 5.53. The van der Waals surface area contributed by atoms with E-state index in [9.17, 15) is 19.5 Å². The Kier molecular flexibility index (Phi) is 9.55. The van der Waals surface area contributed by atoms with E-state index in [2.05, 4.69) is 35.4 Å².